The van der Waals surface area contributed by atoms with Gasteiger partial charge in [0.1, 0.15) is 5.54 Å². The molecule has 0 spiro atoms. The summed E-state index contributed by atoms with van der Waals surface area (Å²) in [5, 5.41) is 2.99. The molecule has 0 aromatic heterocycles. The number of nitrogens with zero attached hydrogens (tertiary/aromatic N) is 1. The molecule has 5 nitrogen and oxygen atoms in total. The minimum absolute atomic E-state index is 0.0247. The molecule has 0 bridgehead atoms. The van der Waals surface area contributed by atoms with Crippen LogP contribution in [0.3, 0.4) is 0 Å². The Morgan fingerprint density at radius 1 is 1.46 bits per heavy atom. The number of ether oxygens (including phenoxy) is 1. The van der Waals surface area contributed by atoms with E-state index in [0.29, 0.717) is 19.1 Å². The predicted octanol–water partition coefficient (Wildman–Crippen LogP) is 3.00. The Hall–Kier alpha value is -1.59. The van der Waals surface area contributed by atoms with Crippen LogP contribution in [0, 0.1) is 5.41 Å². The highest BCUT2D eigenvalue weighted by molar-refractivity contribution is 6.00. The van der Waals surface area contributed by atoms with Crippen LogP contribution in [0.2, 0.25) is 0 Å². The first-order valence-corrected chi connectivity index (χ1v) is 8.68. The number of nitrogens with one attached hydrogen (secondary N) is 1. The maximum Gasteiger partial charge on any atom is 0.245 e. The molecule has 1 aliphatic carbocycles. The lowest BCUT2D eigenvalue weighted by Crippen LogP contribution is -2.74. The van der Waals surface area contributed by atoms with E-state index >= 15 is 0 Å². The summed E-state index contributed by atoms with van der Waals surface area (Å²) in [6.45, 7) is 10.9. The van der Waals surface area contributed by atoms with E-state index in [1.165, 1.54) is 0 Å². The number of hydrogen-bond acceptors (Lipinski definition) is 4. The van der Waals surface area contributed by atoms with Crippen molar-refractivity contribution in [2.45, 2.75) is 58.7 Å². The number of nitrogens with two attached hydrogens (primary N) is 1. The van der Waals surface area contributed by atoms with Gasteiger partial charge in [-0.3, -0.25) is 4.79 Å². The number of carbonyl (C=O) groups excluding carboxylic acids is 1. The van der Waals surface area contributed by atoms with Crippen molar-refractivity contribution in [3.63, 3.8) is 0 Å². The molecule has 2 rings (SSSR count). The van der Waals surface area contributed by atoms with Crippen LogP contribution in [0.4, 0.5) is 11.4 Å². The zero-order valence-corrected chi connectivity index (χ0v) is 15.7. The van der Waals surface area contributed by atoms with Gasteiger partial charge in [0.05, 0.1) is 6.10 Å². The van der Waals surface area contributed by atoms with E-state index in [2.05, 4.69) is 24.1 Å². The van der Waals surface area contributed by atoms with E-state index in [-0.39, 0.29) is 17.4 Å². The fraction of sp³-hybridized carbons (Fsp3) is 0.632. The highest BCUT2D eigenvalue weighted by Crippen LogP contribution is 2.50. The Morgan fingerprint density at radius 2 is 2.12 bits per heavy atom. The number of hydrogen-bond donors (Lipinski definition) is 2. The maximum absolute atomic E-state index is 12.8. The van der Waals surface area contributed by atoms with Crippen LogP contribution < -0.4 is 16.0 Å². The molecule has 1 saturated carbocycles. The van der Waals surface area contributed by atoms with E-state index in [1.807, 2.05) is 52.1 Å². The third-order valence-electron chi connectivity index (χ3n) is 5.52. The van der Waals surface area contributed by atoms with E-state index < -0.39 is 5.54 Å². The molecule has 1 aromatic carbocycles. The summed E-state index contributed by atoms with van der Waals surface area (Å²) >= 11 is 0. The molecule has 2 unspecified atom stereocenters. The summed E-state index contributed by atoms with van der Waals surface area (Å²) in [4.78, 5) is 15.0. The Bertz CT molecular complexity index is 600. The molecular weight excluding hydrogens is 302 g/mol. The van der Waals surface area contributed by atoms with Crippen LogP contribution in [-0.4, -0.2) is 37.2 Å². The van der Waals surface area contributed by atoms with Crippen LogP contribution in [0.25, 0.3) is 0 Å². The van der Waals surface area contributed by atoms with Crippen molar-refractivity contribution in [2.75, 3.05) is 23.9 Å². The fourth-order valence-corrected chi connectivity index (χ4v) is 3.16. The average molecular weight is 333 g/mol. The average Bonchev–Trinajstić information content (AvgIpc) is 2.53. The summed E-state index contributed by atoms with van der Waals surface area (Å²) < 4.78 is 5.70. The number of carbonyl (C=O) groups is 1. The van der Waals surface area contributed by atoms with Gasteiger partial charge in [0, 0.05) is 42.9 Å². The summed E-state index contributed by atoms with van der Waals surface area (Å²) in [5.41, 5.74) is 6.97. The number of amides is 1. The van der Waals surface area contributed by atoms with Gasteiger partial charge in [-0.15, -0.1) is 0 Å². The lowest BCUT2D eigenvalue weighted by Gasteiger charge is -2.57. The first kappa shape index (κ1) is 18.7. The topological polar surface area (TPSA) is 67.6 Å². The van der Waals surface area contributed by atoms with Crippen LogP contribution in [0.1, 0.15) is 41.0 Å². The molecule has 2 atom stereocenters. The maximum atomic E-state index is 12.8. The molecule has 134 valence electrons. The van der Waals surface area contributed by atoms with Crippen LogP contribution in [0.15, 0.2) is 24.3 Å². The Kier molecular flexibility index (Phi) is 5.25. The molecule has 0 aliphatic heterocycles. The molecular formula is C19H31N3O2. The molecule has 1 amide bonds. The largest absolute Gasteiger partial charge is 0.378 e. The third kappa shape index (κ3) is 3.15. The molecule has 0 saturated heterocycles. The van der Waals surface area contributed by atoms with Gasteiger partial charge in [-0.05, 0) is 39.0 Å². The van der Waals surface area contributed by atoms with Gasteiger partial charge < -0.3 is 20.7 Å². The minimum Gasteiger partial charge on any atom is -0.378 e. The van der Waals surface area contributed by atoms with Crippen LogP contribution >= 0.6 is 0 Å². The normalized spacial score (nSPS) is 25.2. The van der Waals surface area contributed by atoms with E-state index in [0.717, 1.165) is 11.4 Å². The quantitative estimate of drug-likeness (QED) is 0.840. The number of rotatable bonds is 6. The molecule has 1 fully saturated rings. The fourth-order valence-electron chi connectivity index (χ4n) is 3.16. The molecule has 1 aromatic rings. The number of anilines is 2. The van der Waals surface area contributed by atoms with Gasteiger partial charge in [-0.25, -0.2) is 0 Å². The zero-order chi connectivity index (χ0) is 18.1. The van der Waals surface area contributed by atoms with Crippen molar-refractivity contribution in [3.05, 3.63) is 24.3 Å². The molecule has 1 aliphatic rings. The van der Waals surface area contributed by atoms with E-state index in [4.69, 9.17) is 10.5 Å². The molecule has 3 N–H and O–H groups in total. The van der Waals surface area contributed by atoms with Crippen LogP contribution in [0.5, 0.6) is 0 Å². The van der Waals surface area contributed by atoms with E-state index in [9.17, 15) is 4.79 Å². The highest BCUT2D eigenvalue weighted by Gasteiger charge is 2.62. The van der Waals surface area contributed by atoms with Gasteiger partial charge in [0.25, 0.3) is 0 Å². The minimum atomic E-state index is -0.910. The second kappa shape index (κ2) is 6.73. The highest BCUT2D eigenvalue weighted by atomic mass is 16.5. The van der Waals surface area contributed by atoms with Gasteiger partial charge in [0.15, 0.2) is 0 Å². The van der Waals surface area contributed by atoms with Gasteiger partial charge in [-0.1, -0.05) is 19.9 Å². The standard InChI is InChI=1S/C19H31N3O2/c1-7-24-16-12-19(20,18(16,4)5)17(23)21-14-9-8-10-15(11-14)22(6)13(2)3/h8-11,13,16H,7,12,20H2,1-6H3,(H,21,23). The second-order valence-corrected chi connectivity index (χ2v) is 7.55. The predicted molar refractivity (Wildman–Crippen MR) is 99.3 cm³/mol. The summed E-state index contributed by atoms with van der Waals surface area (Å²) in [6, 6.07) is 8.24. The van der Waals surface area contributed by atoms with Gasteiger partial charge in [-0.2, -0.15) is 0 Å². The van der Waals surface area contributed by atoms with Crippen molar-refractivity contribution in [3.8, 4) is 0 Å². The molecule has 0 heterocycles. The van der Waals surface area contributed by atoms with Crippen molar-refractivity contribution >= 4 is 17.3 Å². The molecule has 0 radical (unpaired) electrons. The molecule has 24 heavy (non-hydrogen) atoms. The summed E-state index contributed by atoms with van der Waals surface area (Å²) in [7, 11) is 2.04. The Morgan fingerprint density at radius 3 is 2.67 bits per heavy atom. The summed E-state index contributed by atoms with van der Waals surface area (Å²) in [5.74, 6) is -0.146. The summed E-state index contributed by atoms with van der Waals surface area (Å²) in [6.07, 6.45) is 0.572. The molecule has 5 heteroatoms. The number of benzene rings is 1. The first-order chi connectivity index (χ1) is 11.1. The van der Waals surface area contributed by atoms with Crippen molar-refractivity contribution in [1.29, 1.82) is 0 Å². The second-order valence-electron chi connectivity index (χ2n) is 7.55. The van der Waals surface area contributed by atoms with Crippen molar-refractivity contribution in [1.82, 2.24) is 0 Å². The lowest BCUT2D eigenvalue weighted by atomic mass is 9.54. The monoisotopic (exact) mass is 333 g/mol. The third-order valence-corrected chi connectivity index (χ3v) is 5.52. The van der Waals surface area contributed by atoms with Gasteiger partial charge >= 0.3 is 0 Å². The van der Waals surface area contributed by atoms with Crippen molar-refractivity contribution < 1.29 is 9.53 Å². The van der Waals surface area contributed by atoms with Crippen molar-refractivity contribution in [2.24, 2.45) is 11.1 Å². The lowest BCUT2D eigenvalue weighted by molar-refractivity contribution is -0.166. The first-order valence-electron chi connectivity index (χ1n) is 8.68. The SMILES string of the molecule is CCOC1CC(N)(C(=O)Nc2cccc(N(C)C(C)C)c2)C1(C)C. The Balaban J connectivity index is 2.12. The smallest absolute Gasteiger partial charge is 0.245 e. The zero-order valence-electron chi connectivity index (χ0n) is 15.7. The Labute approximate surface area is 145 Å². The van der Waals surface area contributed by atoms with Gasteiger partial charge in [0.2, 0.25) is 5.91 Å². The van der Waals surface area contributed by atoms with E-state index in [1.54, 1.807) is 0 Å². The van der Waals surface area contributed by atoms with Crippen LogP contribution in [-0.2, 0) is 9.53 Å².